The van der Waals surface area contributed by atoms with E-state index in [-0.39, 0.29) is 18.4 Å². The Kier molecular flexibility index (Phi) is 3.17. The van der Waals surface area contributed by atoms with Gasteiger partial charge in [0.25, 0.3) is 0 Å². The number of nitrogens with zero attached hydrogens (tertiary/aromatic N) is 1. The van der Waals surface area contributed by atoms with Gasteiger partial charge in [0, 0.05) is 12.5 Å². The molecule has 0 spiro atoms. The van der Waals surface area contributed by atoms with E-state index in [9.17, 15) is 14.7 Å². The number of benzene rings is 2. The number of carbonyl (C=O) groups is 2. The number of rotatable bonds is 3. The minimum Gasteiger partial charge on any atom is -0.479 e. The normalized spacial score (nSPS) is 25.4. The number of carbonyl (C=O) groups excluding carboxylic acids is 1. The molecule has 2 aromatic carbocycles. The summed E-state index contributed by atoms with van der Waals surface area (Å²) in [6, 6.07) is 16.3. The van der Waals surface area contributed by atoms with E-state index in [1.54, 1.807) is 0 Å². The molecule has 1 heterocycles. The maximum atomic E-state index is 12.6. The number of carboxylic acid groups (broad SMARTS) is 1. The van der Waals surface area contributed by atoms with E-state index >= 15 is 0 Å². The van der Waals surface area contributed by atoms with Gasteiger partial charge in [0.05, 0.1) is 0 Å². The number of piperidine rings is 1. The zero-order valence-electron chi connectivity index (χ0n) is 14.2. The van der Waals surface area contributed by atoms with Crippen molar-refractivity contribution in [2.45, 2.75) is 24.3 Å². The van der Waals surface area contributed by atoms with Crippen molar-refractivity contribution in [3.8, 4) is 11.1 Å². The molecule has 2 aromatic rings. The number of amides is 1. The Morgan fingerprint density at radius 2 is 1.69 bits per heavy atom. The first-order valence-electron chi connectivity index (χ1n) is 8.99. The number of hydrogen-bond acceptors (Lipinski definition) is 3. The number of fused-ring (bicyclic) bond motifs is 4. The van der Waals surface area contributed by atoms with Crippen LogP contribution in [0.2, 0.25) is 0 Å². The van der Waals surface area contributed by atoms with Gasteiger partial charge in [-0.1, -0.05) is 48.5 Å². The summed E-state index contributed by atoms with van der Waals surface area (Å²) < 4.78 is 5.62. The lowest BCUT2D eigenvalue weighted by Gasteiger charge is -2.25. The average Bonchev–Trinajstić information content (AvgIpc) is 3.14. The molecule has 1 saturated heterocycles. The Morgan fingerprint density at radius 1 is 1.08 bits per heavy atom. The molecule has 2 fully saturated rings. The molecule has 0 bridgehead atoms. The van der Waals surface area contributed by atoms with Gasteiger partial charge in [-0.3, -0.25) is 4.90 Å². The molecule has 1 N–H and O–H groups in total. The van der Waals surface area contributed by atoms with Gasteiger partial charge in [-0.15, -0.1) is 0 Å². The van der Waals surface area contributed by atoms with Crippen molar-refractivity contribution in [3.63, 3.8) is 0 Å². The van der Waals surface area contributed by atoms with Crippen LogP contribution in [-0.2, 0) is 9.53 Å². The second-order valence-electron chi connectivity index (χ2n) is 7.37. The third-order valence-electron chi connectivity index (χ3n) is 6.18. The fourth-order valence-electron chi connectivity index (χ4n) is 4.78. The van der Waals surface area contributed by atoms with Crippen LogP contribution in [0.3, 0.4) is 0 Å². The summed E-state index contributed by atoms with van der Waals surface area (Å²) in [5.41, 5.74) is 3.65. The summed E-state index contributed by atoms with van der Waals surface area (Å²) in [5, 5.41) is 9.52. The molecule has 5 rings (SSSR count). The van der Waals surface area contributed by atoms with E-state index in [2.05, 4.69) is 24.3 Å². The highest BCUT2D eigenvalue weighted by Gasteiger charge is 2.69. The first-order chi connectivity index (χ1) is 12.6. The van der Waals surface area contributed by atoms with Gasteiger partial charge >= 0.3 is 12.1 Å². The average molecular weight is 349 g/mol. The first kappa shape index (κ1) is 15.4. The van der Waals surface area contributed by atoms with Crippen LogP contribution >= 0.6 is 0 Å². The number of ether oxygens (including phenoxy) is 1. The summed E-state index contributed by atoms with van der Waals surface area (Å²) >= 11 is 0. The first-order valence-corrected chi connectivity index (χ1v) is 8.99. The minimum absolute atomic E-state index is 0.00951. The van der Waals surface area contributed by atoms with Crippen LogP contribution in [0.4, 0.5) is 4.79 Å². The van der Waals surface area contributed by atoms with Crippen LogP contribution in [-0.4, -0.2) is 40.8 Å². The molecule has 5 heteroatoms. The molecule has 5 nitrogen and oxygen atoms in total. The summed E-state index contributed by atoms with van der Waals surface area (Å²) in [7, 11) is 0. The Balaban J connectivity index is 1.38. The van der Waals surface area contributed by atoms with Gasteiger partial charge in [-0.2, -0.15) is 0 Å². The van der Waals surface area contributed by atoms with Crippen LogP contribution in [0.5, 0.6) is 0 Å². The summed E-state index contributed by atoms with van der Waals surface area (Å²) in [4.78, 5) is 25.7. The number of likely N-dealkylation sites (tertiary alicyclic amines) is 1. The van der Waals surface area contributed by atoms with Crippen molar-refractivity contribution in [2.24, 2.45) is 5.92 Å². The lowest BCUT2D eigenvalue weighted by Crippen LogP contribution is -2.45. The van der Waals surface area contributed by atoms with Gasteiger partial charge in [0.1, 0.15) is 12.1 Å². The number of hydrogen-bond donors (Lipinski definition) is 1. The predicted molar refractivity (Wildman–Crippen MR) is 94.9 cm³/mol. The third-order valence-corrected chi connectivity index (χ3v) is 6.18. The predicted octanol–water partition coefficient (Wildman–Crippen LogP) is 3.48. The van der Waals surface area contributed by atoms with Crippen LogP contribution in [0.25, 0.3) is 11.1 Å². The molecule has 26 heavy (non-hydrogen) atoms. The SMILES string of the molecule is O=C(OCC1c2ccccc2-c2ccccc21)N1CCC2C[C@@]21C(=O)O. The van der Waals surface area contributed by atoms with Gasteiger partial charge in [0.15, 0.2) is 0 Å². The Morgan fingerprint density at radius 3 is 2.27 bits per heavy atom. The molecular weight excluding hydrogens is 330 g/mol. The van der Waals surface area contributed by atoms with Crippen molar-refractivity contribution in [2.75, 3.05) is 13.2 Å². The van der Waals surface area contributed by atoms with E-state index in [1.807, 2.05) is 24.3 Å². The zero-order chi connectivity index (χ0) is 17.9. The Hall–Kier alpha value is -2.82. The molecule has 0 aromatic heterocycles. The van der Waals surface area contributed by atoms with E-state index in [0.29, 0.717) is 13.0 Å². The maximum absolute atomic E-state index is 12.6. The molecule has 1 amide bonds. The summed E-state index contributed by atoms with van der Waals surface area (Å²) in [6.45, 7) is 0.692. The minimum atomic E-state index is -1.01. The molecule has 2 aliphatic carbocycles. The van der Waals surface area contributed by atoms with E-state index in [1.165, 1.54) is 16.0 Å². The van der Waals surface area contributed by atoms with Crippen molar-refractivity contribution in [1.29, 1.82) is 0 Å². The molecule has 2 atom stereocenters. The molecular formula is C21H19NO4. The molecule has 1 saturated carbocycles. The second kappa shape index (κ2) is 5.34. The van der Waals surface area contributed by atoms with Crippen LogP contribution in [0.1, 0.15) is 29.9 Å². The standard InChI is InChI=1S/C21H19NO4/c23-19(24)21-11-13(21)9-10-22(21)20(25)26-12-18-16-7-3-1-5-14(16)15-6-2-4-8-17(15)18/h1-8,13,18H,9-12H2,(H,23,24)/t13?,21-/m0/s1. The van der Waals surface area contributed by atoms with Gasteiger partial charge in [-0.25, -0.2) is 9.59 Å². The molecule has 1 unspecified atom stereocenters. The zero-order valence-corrected chi connectivity index (χ0v) is 14.2. The monoisotopic (exact) mass is 349 g/mol. The lowest BCUT2D eigenvalue weighted by atomic mass is 9.98. The van der Waals surface area contributed by atoms with Crippen molar-refractivity contribution < 1.29 is 19.4 Å². The molecule has 0 radical (unpaired) electrons. The number of carboxylic acids is 1. The highest BCUT2D eigenvalue weighted by molar-refractivity contribution is 5.89. The fourth-order valence-corrected chi connectivity index (χ4v) is 4.78. The Bertz CT molecular complexity index is 878. The quantitative estimate of drug-likeness (QED) is 0.921. The fraction of sp³-hybridized carbons (Fsp3) is 0.333. The van der Waals surface area contributed by atoms with Crippen LogP contribution in [0, 0.1) is 5.92 Å². The topological polar surface area (TPSA) is 66.8 Å². The van der Waals surface area contributed by atoms with Crippen molar-refractivity contribution >= 4 is 12.1 Å². The highest BCUT2D eigenvalue weighted by atomic mass is 16.6. The van der Waals surface area contributed by atoms with E-state index in [4.69, 9.17) is 4.74 Å². The van der Waals surface area contributed by atoms with Gasteiger partial charge in [-0.05, 0) is 41.0 Å². The summed E-state index contributed by atoms with van der Waals surface area (Å²) in [6.07, 6.45) is 0.789. The second-order valence-corrected chi connectivity index (χ2v) is 7.37. The number of aliphatic carboxylic acids is 1. The van der Waals surface area contributed by atoms with Gasteiger partial charge in [0.2, 0.25) is 0 Å². The van der Waals surface area contributed by atoms with Crippen LogP contribution < -0.4 is 0 Å². The van der Waals surface area contributed by atoms with E-state index < -0.39 is 17.6 Å². The maximum Gasteiger partial charge on any atom is 0.410 e. The smallest absolute Gasteiger partial charge is 0.410 e. The van der Waals surface area contributed by atoms with Crippen molar-refractivity contribution in [3.05, 3.63) is 59.7 Å². The lowest BCUT2D eigenvalue weighted by molar-refractivity contribution is -0.144. The third kappa shape index (κ3) is 1.97. The Labute approximate surface area is 151 Å². The molecule has 1 aliphatic heterocycles. The van der Waals surface area contributed by atoms with Crippen molar-refractivity contribution in [1.82, 2.24) is 4.90 Å². The highest BCUT2D eigenvalue weighted by Crippen LogP contribution is 2.56. The van der Waals surface area contributed by atoms with Crippen LogP contribution in [0.15, 0.2) is 48.5 Å². The largest absolute Gasteiger partial charge is 0.479 e. The van der Waals surface area contributed by atoms with E-state index in [0.717, 1.165) is 17.5 Å². The summed E-state index contributed by atoms with van der Waals surface area (Å²) in [5.74, 6) is -0.835. The molecule has 3 aliphatic rings. The van der Waals surface area contributed by atoms with Gasteiger partial charge < -0.3 is 9.84 Å². The molecule has 132 valence electrons.